The molecule has 2 fully saturated rings. The van der Waals surface area contributed by atoms with Crippen LogP contribution in [0.5, 0.6) is 0 Å². The highest BCUT2D eigenvalue weighted by atomic mass is 35.5. The average molecular weight is 313 g/mol. The summed E-state index contributed by atoms with van der Waals surface area (Å²) in [4.78, 5) is 14.7. The average Bonchev–Trinajstić information content (AvgIpc) is 2.47. The fourth-order valence-corrected chi connectivity index (χ4v) is 3.48. The Morgan fingerprint density at radius 3 is 2.57 bits per heavy atom. The van der Waals surface area contributed by atoms with Gasteiger partial charge in [0, 0.05) is 19.6 Å². The van der Waals surface area contributed by atoms with Crippen LogP contribution in [0.4, 0.5) is 4.39 Å². The van der Waals surface area contributed by atoms with Gasteiger partial charge in [0.15, 0.2) is 0 Å². The zero-order chi connectivity index (χ0) is 14.0. The van der Waals surface area contributed by atoms with E-state index in [9.17, 15) is 9.18 Å². The maximum atomic E-state index is 12.9. The van der Waals surface area contributed by atoms with E-state index >= 15 is 0 Å². The number of halogens is 2. The summed E-state index contributed by atoms with van der Waals surface area (Å²) in [6.45, 7) is 3.25. The fourth-order valence-electron chi connectivity index (χ4n) is 3.48. The van der Waals surface area contributed by atoms with E-state index in [0.29, 0.717) is 6.54 Å². The molecule has 1 N–H and O–H groups in total. The van der Waals surface area contributed by atoms with Crippen molar-refractivity contribution in [1.29, 1.82) is 0 Å². The van der Waals surface area contributed by atoms with Crippen molar-refractivity contribution in [2.75, 3.05) is 19.6 Å². The van der Waals surface area contributed by atoms with Crippen molar-refractivity contribution in [2.45, 2.75) is 32.2 Å². The number of carbonyl (C=O) groups is 1. The van der Waals surface area contributed by atoms with E-state index in [1.807, 2.05) is 4.90 Å². The third-order valence-electron chi connectivity index (χ3n) is 4.58. The fraction of sp³-hybridized carbons (Fsp3) is 0.562. The minimum atomic E-state index is -0.230. The molecule has 0 aliphatic carbocycles. The first-order valence-electron chi connectivity index (χ1n) is 7.44. The molecule has 0 bridgehead atoms. The predicted octanol–water partition coefficient (Wildman–Crippen LogP) is 2.74. The number of benzene rings is 1. The summed E-state index contributed by atoms with van der Waals surface area (Å²) < 4.78 is 12.9. The molecule has 0 saturated carbocycles. The number of nitrogens with one attached hydrogen (secondary N) is 1. The molecule has 0 radical (unpaired) electrons. The molecule has 116 valence electrons. The quantitative estimate of drug-likeness (QED) is 0.910. The van der Waals surface area contributed by atoms with Crippen molar-refractivity contribution in [3.63, 3.8) is 0 Å². The lowest BCUT2D eigenvalue weighted by molar-refractivity contribution is -0.148. The first-order chi connectivity index (χ1) is 9.70. The normalized spacial score (nSPS) is 25.8. The molecular formula is C16H22ClFN2O. The lowest BCUT2D eigenvalue weighted by atomic mass is 9.73. The molecule has 1 atom stereocenters. The van der Waals surface area contributed by atoms with E-state index in [1.165, 1.54) is 12.1 Å². The van der Waals surface area contributed by atoms with Crippen molar-refractivity contribution in [1.82, 2.24) is 10.2 Å². The summed E-state index contributed by atoms with van der Waals surface area (Å²) in [7, 11) is 0. The minimum Gasteiger partial charge on any atom is -0.338 e. The summed E-state index contributed by atoms with van der Waals surface area (Å²) >= 11 is 0. The van der Waals surface area contributed by atoms with E-state index in [1.54, 1.807) is 12.1 Å². The molecule has 2 aliphatic rings. The van der Waals surface area contributed by atoms with Gasteiger partial charge in [-0.15, -0.1) is 12.4 Å². The van der Waals surface area contributed by atoms with Gasteiger partial charge in [-0.3, -0.25) is 4.79 Å². The maximum Gasteiger partial charge on any atom is 0.230 e. The second-order valence-electron chi connectivity index (χ2n) is 6.02. The van der Waals surface area contributed by atoms with Gasteiger partial charge >= 0.3 is 0 Å². The number of nitrogens with zero attached hydrogens (tertiary/aromatic N) is 1. The highest BCUT2D eigenvalue weighted by Crippen LogP contribution is 2.37. The van der Waals surface area contributed by atoms with E-state index in [4.69, 9.17) is 0 Å². The molecule has 1 aromatic rings. The molecule has 0 aromatic heterocycles. The summed E-state index contributed by atoms with van der Waals surface area (Å²) in [5.41, 5.74) is 0.817. The molecule has 1 spiro atoms. The number of hydrogen-bond acceptors (Lipinski definition) is 2. The minimum absolute atomic E-state index is 0. The predicted molar refractivity (Wildman–Crippen MR) is 82.8 cm³/mol. The molecule has 2 aliphatic heterocycles. The lowest BCUT2D eigenvalue weighted by Gasteiger charge is -2.44. The Hall–Kier alpha value is -1.13. The van der Waals surface area contributed by atoms with Gasteiger partial charge < -0.3 is 10.2 Å². The van der Waals surface area contributed by atoms with Gasteiger partial charge in [0.25, 0.3) is 0 Å². The van der Waals surface area contributed by atoms with Crippen LogP contribution in [0.3, 0.4) is 0 Å². The Kier molecular flexibility index (Phi) is 5.22. The molecule has 3 nitrogen and oxygen atoms in total. The van der Waals surface area contributed by atoms with Crippen LogP contribution in [0, 0.1) is 11.2 Å². The summed E-state index contributed by atoms with van der Waals surface area (Å²) in [5, 5.41) is 3.37. The Balaban J connectivity index is 0.00000161. The largest absolute Gasteiger partial charge is 0.338 e. The van der Waals surface area contributed by atoms with Crippen LogP contribution in [0.15, 0.2) is 24.3 Å². The van der Waals surface area contributed by atoms with Crippen LogP contribution in [-0.4, -0.2) is 30.4 Å². The number of amides is 1. The van der Waals surface area contributed by atoms with Crippen LogP contribution >= 0.6 is 12.4 Å². The van der Waals surface area contributed by atoms with Crippen molar-refractivity contribution < 1.29 is 9.18 Å². The molecule has 21 heavy (non-hydrogen) atoms. The standard InChI is InChI=1S/C16H21FN2O.ClH/c17-14-5-3-13(4-6-14)11-19-10-2-8-16(15(19)20)7-1-9-18-12-16;/h3-6,18H,1-2,7-12H2;1H. The van der Waals surface area contributed by atoms with Crippen LogP contribution in [-0.2, 0) is 11.3 Å². The van der Waals surface area contributed by atoms with Crippen LogP contribution in [0.25, 0.3) is 0 Å². The molecule has 5 heteroatoms. The molecule has 1 unspecified atom stereocenters. The van der Waals surface area contributed by atoms with Crippen molar-refractivity contribution in [3.8, 4) is 0 Å². The zero-order valence-corrected chi connectivity index (χ0v) is 12.9. The van der Waals surface area contributed by atoms with E-state index in [-0.39, 0.29) is 29.5 Å². The molecule has 1 amide bonds. The van der Waals surface area contributed by atoms with Gasteiger partial charge in [0.1, 0.15) is 5.82 Å². The molecule has 1 aromatic carbocycles. The van der Waals surface area contributed by atoms with Gasteiger partial charge in [-0.25, -0.2) is 4.39 Å². The number of piperidine rings is 2. The van der Waals surface area contributed by atoms with Crippen molar-refractivity contribution in [2.24, 2.45) is 5.41 Å². The SMILES string of the molecule is Cl.O=C1N(Cc2ccc(F)cc2)CCCC12CCCNC2. The van der Waals surface area contributed by atoms with Gasteiger partial charge in [-0.1, -0.05) is 12.1 Å². The van der Waals surface area contributed by atoms with Crippen LogP contribution in [0.2, 0.25) is 0 Å². The third kappa shape index (κ3) is 3.38. The first kappa shape index (κ1) is 16.2. The van der Waals surface area contributed by atoms with E-state index < -0.39 is 0 Å². The lowest BCUT2D eigenvalue weighted by Crippen LogP contribution is -2.54. The highest BCUT2D eigenvalue weighted by Gasteiger charge is 2.44. The van der Waals surface area contributed by atoms with E-state index in [0.717, 1.165) is 50.9 Å². The number of rotatable bonds is 2. The third-order valence-corrected chi connectivity index (χ3v) is 4.58. The number of carbonyl (C=O) groups excluding carboxylic acids is 1. The summed E-state index contributed by atoms with van der Waals surface area (Å²) in [6, 6.07) is 6.45. The smallest absolute Gasteiger partial charge is 0.230 e. The Labute approximate surface area is 131 Å². The topological polar surface area (TPSA) is 32.3 Å². The summed E-state index contributed by atoms with van der Waals surface area (Å²) in [6.07, 6.45) is 4.14. The Morgan fingerprint density at radius 1 is 1.19 bits per heavy atom. The van der Waals surface area contributed by atoms with Gasteiger partial charge in [0.2, 0.25) is 5.91 Å². The maximum absolute atomic E-state index is 12.9. The second-order valence-corrected chi connectivity index (χ2v) is 6.02. The van der Waals surface area contributed by atoms with E-state index in [2.05, 4.69) is 5.32 Å². The van der Waals surface area contributed by atoms with Gasteiger partial charge in [0.05, 0.1) is 5.41 Å². The second kappa shape index (κ2) is 6.75. The first-order valence-corrected chi connectivity index (χ1v) is 7.44. The highest BCUT2D eigenvalue weighted by molar-refractivity contribution is 5.85. The van der Waals surface area contributed by atoms with Crippen LogP contribution < -0.4 is 5.32 Å². The Bertz CT molecular complexity index is 480. The number of hydrogen-bond donors (Lipinski definition) is 1. The van der Waals surface area contributed by atoms with Crippen molar-refractivity contribution in [3.05, 3.63) is 35.6 Å². The van der Waals surface area contributed by atoms with Crippen molar-refractivity contribution >= 4 is 18.3 Å². The molecule has 2 saturated heterocycles. The van der Waals surface area contributed by atoms with Crippen LogP contribution in [0.1, 0.15) is 31.2 Å². The zero-order valence-electron chi connectivity index (χ0n) is 12.1. The molecule has 3 rings (SSSR count). The number of likely N-dealkylation sites (tertiary alicyclic amines) is 1. The van der Waals surface area contributed by atoms with Gasteiger partial charge in [-0.05, 0) is 49.9 Å². The Morgan fingerprint density at radius 2 is 1.90 bits per heavy atom. The van der Waals surface area contributed by atoms with Gasteiger partial charge in [-0.2, -0.15) is 0 Å². The molecular weight excluding hydrogens is 291 g/mol. The monoisotopic (exact) mass is 312 g/mol. The molecule has 2 heterocycles. The summed E-state index contributed by atoms with van der Waals surface area (Å²) in [5.74, 6) is 0.0481.